The van der Waals surface area contributed by atoms with Gasteiger partial charge in [0.05, 0.1) is 5.54 Å². The molecule has 0 saturated carbocycles. The Labute approximate surface area is 161 Å². The zero-order chi connectivity index (χ0) is 20.2. The monoisotopic (exact) mass is 369 g/mol. The number of aliphatic carboxylic acids is 1. The van der Waals surface area contributed by atoms with E-state index in [9.17, 15) is 14.7 Å². The van der Waals surface area contributed by atoms with E-state index in [0.717, 1.165) is 19.3 Å². The first-order valence-electron chi connectivity index (χ1n) is 10.6. The Kier molecular flexibility index (Phi) is 12.0. The lowest BCUT2D eigenvalue weighted by Gasteiger charge is -2.44. The highest BCUT2D eigenvalue weighted by Gasteiger charge is 2.46. The molecule has 0 rings (SSSR count). The van der Waals surface area contributed by atoms with E-state index in [1.165, 1.54) is 44.9 Å². The van der Waals surface area contributed by atoms with E-state index >= 15 is 0 Å². The average molecular weight is 370 g/mol. The van der Waals surface area contributed by atoms with Crippen LogP contribution in [0.3, 0.4) is 0 Å². The highest BCUT2D eigenvalue weighted by Crippen LogP contribution is 2.30. The van der Waals surface area contributed by atoms with Crippen LogP contribution in [0.2, 0.25) is 0 Å². The number of carboxylic acids is 1. The van der Waals surface area contributed by atoms with Crippen LogP contribution in [0.4, 0.5) is 0 Å². The number of rotatable bonds is 16. The predicted octanol–water partition coefficient (Wildman–Crippen LogP) is 5.83. The minimum absolute atomic E-state index is 0.145. The van der Waals surface area contributed by atoms with Crippen molar-refractivity contribution in [3.63, 3.8) is 0 Å². The van der Waals surface area contributed by atoms with Gasteiger partial charge in [0, 0.05) is 6.42 Å². The van der Waals surface area contributed by atoms with E-state index in [2.05, 4.69) is 6.92 Å². The number of hydrogen-bond donors (Lipinski definition) is 1. The zero-order valence-corrected chi connectivity index (χ0v) is 18.2. The molecule has 4 nitrogen and oxygen atoms in total. The normalized spacial score (nSPS) is 14.4. The Morgan fingerprint density at radius 3 is 1.69 bits per heavy atom. The summed E-state index contributed by atoms with van der Waals surface area (Å²) in [4.78, 5) is 26.3. The Bertz CT molecular complexity index is 420. The Hall–Kier alpha value is -0.900. The van der Waals surface area contributed by atoms with Crippen LogP contribution in [0.5, 0.6) is 0 Å². The van der Waals surface area contributed by atoms with Crippen molar-refractivity contribution >= 4 is 11.8 Å². The molecule has 1 N–H and O–H groups in total. The first kappa shape index (κ1) is 25.1. The Balaban J connectivity index is 4.35. The van der Waals surface area contributed by atoms with E-state index in [4.69, 9.17) is 0 Å². The SMILES string of the molecule is CCCCCCCCCCCC(=O)C(C)(C)N(C)C(C)(CCC)C(=O)O. The number of nitrogens with zero attached hydrogens (tertiary/aromatic N) is 1. The molecule has 0 aliphatic carbocycles. The quantitative estimate of drug-likeness (QED) is 0.348. The highest BCUT2D eigenvalue weighted by atomic mass is 16.4. The lowest BCUT2D eigenvalue weighted by molar-refractivity contribution is -0.156. The second-order valence-electron chi connectivity index (χ2n) is 8.45. The number of likely N-dealkylation sites (N-methyl/N-ethyl adjacent to an activating group) is 1. The topological polar surface area (TPSA) is 57.6 Å². The van der Waals surface area contributed by atoms with Gasteiger partial charge in [-0.25, -0.2) is 0 Å². The van der Waals surface area contributed by atoms with E-state index in [1.807, 2.05) is 20.8 Å². The number of carboxylic acid groups (broad SMARTS) is 1. The first-order valence-corrected chi connectivity index (χ1v) is 10.6. The van der Waals surface area contributed by atoms with Gasteiger partial charge in [0.1, 0.15) is 5.54 Å². The maximum atomic E-state index is 12.8. The Morgan fingerprint density at radius 2 is 1.27 bits per heavy atom. The molecule has 0 radical (unpaired) electrons. The smallest absolute Gasteiger partial charge is 0.323 e. The molecule has 0 aromatic rings. The van der Waals surface area contributed by atoms with Gasteiger partial charge in [-0.1, -0.05) is 71.6 Å². The van der Waals surface area contributed by atoms with Crippen molar-refractivity contribution in [2.45, 2.75) is 123 Å². The molecule has 0 amide bonds. The molecule has 26 heavy (non-hydrogen) atoms. The van der Waals surface area contributed by atoms with Crippen LogP contribution in [0.15, 0.2) is 0 Å². The third kappa shape index (κ3) is 7.77. The van der Waals surface area contributed by atoms with Gasteiger partial charge in [0.15, 0.2) is 5.78 Å². The van der Waals surface area contributed by atoms with Crippen LogP contribution < -0.4 is 0 Å². The van der Waals surface area contributed by atoms with Crippen molar-refractivity contribution in [3.8, 4) is 0 Å². The molecule has 0 bridgehead atoms. The summed E-state index contributed by atoms with van der Waals surface area (Å²) in [5.74, 6) is -0.711. The number of carbonyl (C=O) groups is 2. The van der Waals surface area contributed by atoms with E-state index < -0.39 is 17.0 Å². The van der Waals surface area contributed by atoms with Gasteiger partial charge in [-0.3, -0.25) is 14.5 Å². The average Bonchev–Trinajstić information content (AvgIpc) is 2.59. The summed E-state index contributed by atoms with van der Waals surface area (Å²) in [5, 5.41) is 9.68. The summed E-state index contributed by atoms with van der Waals surface area (Å²) in [7, 11) is 1.78. The summed E-state index contributed by atoms with van der Waals surface area (Å²) in [6.07, 6.45) is 12.9. The number of hydrogen-bond acceptors (Lipinski definition) is 3. The molecule has 0 spiro atoms. The standard InChI is InChI=1S/C22H43NO3/c1-7-9-10-11-12-13-14-15-16-17-19(24)21(3,4)23(6)22(5,18-8-2)20(25)26/h7-18H2,1-6H3,(H,25,26). The third-order valence-corrected chi connectivity index (χ3v) is 5.97. The fraction of sp³-hybridized carbons (Fsp3) is 0.909. The maximum Gasteiger partial charge on any atom is 0.323 e. The largest absolute Gasteiger partial charge is 0.480 e. The molecule has 0 fully saturated rings. The fourth-order valence-corrected chi connectivity index (χ4v) is 3.61. The predicted molar refractivity (Wildman–Crippen MR) is 110 cm³/mol. The van der Waals surface area contributed by atoms with Crippen LogP contribution in [0.1, 0.15) is 112 Å². The lowest BCUT2D eigenvalue weighted by Crippen LogP contribution is -2.61. The summed E-state index contributed by atoms with van der Waals surface area (Å²) < 4.78 is 0. The molecule has 0 aromatic carbocycles. The van der Waals surface area contributed by atoms with Gasteiger partial charge in [0.25, 0.3) is 0 Å². The third-order valence-electron chi connectivity index (χ3n) is 5.97. The van der Waals surface area contributed by atoms with E-state index in [0.29, 0.717) is 12.8 Å². The summed E-state index contributed by atoms with van der Waals surface area (Å²) in [6, 6.07) is 0. The highest BCUT2D eigenvalue weighted by molar-refractivity contribution is 5.89. The van der Waals surface area contributed by atoms with Gasteiger partial charge in [-0.2, -0.15) is 0 Å². The van der Waals surface area contributed by atoms with Crippen molar-refractivity contribution in [3.05, 3.63) is 0 Å². The molecule has 0 aliphatic heterocycles. The van der Waals surface area contributed by atoms with Gasteiger partial charge in [-0.05, 0) is 40.7 Å². The molecule has 1 unspecified atom stereocenters. The van der Waals surface area contributed by atoms with Crippen molar-refractivity contribution in [2.24, 2.45) is 0 Å². The number of ketones is 1. The van der Waals surface area contributed by atoms with Gasteiger partial charge >= 0.3 is 5.97 Å². The molecular formula is C22H43NO3. The number of carbonyl (C=O) groups excluding carboxylic acids is 1. The van der Waals surface area contributed by atoms with Crippen molar-refractivity contribution < 1.29 is 14.7 Å². The van der Waals surface area contributed by atoms with Crippen LogP contribution in [-0.4, -0.2) is 39.9 Å². The first-order chi connectivity index (χ1) is 12.1. The molecular weight excluding hydrogens is 326 g/mol. The van der Waals surface area contributed by atoms with Crippen molar-refractivity contribution in [1.29, 1.82) is 0 Å². The molecule has 4 heteroatoms. The van der Waals surface area contributed by atoms with E-state index in [-0.39, 0.29) is 5.78 Å². The maximum absolute atomic E-state index is 12.8. The van der Waals surface area contributed by atoms with Crippen LogP contribution >= 0.6 is 0 Å². The van der Waals surface area contributed by atoms with Gasteiger partial charge < -0.3 is 5.11 Å². The molecule has 0 heterocycles. The van der Waals surface area contributed by atoms with Crippen LogP contribution in [-0.2, 0) is 9.59 Å². The minimum Gasteiger partial charge on any atom is -0.480 e. The molecule has 0 aliphatic rings. The van der Waals surface area contributed by atoms with Crippen molar-refractivity contribution in [1.82, 2.24) is 4.90 Å². The number of unbranched alkanes of at least 4 members (excludes halogenated alkanes) is 8. The van der Waals surface area contributed by atoms with Gasteiger partial charge in [-0.15, -0.1) is 0 Å². The summed E-state index contributed by atoms with van der Waals surface area (Å²) in [6.45, 7) is 9.66. The zero-order valence-electron chi connectivity index (χ0n) is 18.2. The molecule has 0 saturated heterocycles. The van der Waals surface area contributed by atoms with E-state index in [1.54, 1.807) is 18.9 Å². The lowest BCUT2D eigenvalue weighted by atomic mass is 9.85. The van der Waals surface area contributed by atoms with Crippen LogP contribution in [0, 0.1) is 0 Å². The molecule has 154 valence electrons. The minimum atomic E-state index is -1.01. The number of Topliss-reactive ketones (excluding diaryl/α,β-unsaturated/α-hetero) is 1. The van der Waals surface area contributed by atoms with Crippen LogP contribution in [0.25, 0.3) is 0 Å². The molecule has 1 atom stereocenters. The molecule has 0 aromatic heterocycles. The summed E-state index contributed by atoms with van der Waals surface area (Å²) in [5.41, 5.74) is -1.77. The second-order valence-corrected chi connectivity index (χ2v) is 8.45. The fourth-order valence-electron chi connectivity index (χ4n) is 3.61. The summed E-state index contributed by atoms with van der Waals surface area (Å²) >= 11 is 0. The second kappa shape index (κ2) is 12.5. The van der Waals surface area contributed by atoms with Crippen molar-refractivity contribution in [2.75, 3.05) is 7.05 Å². The Morgan fingerprint density at radius 1 is 0.808 bits per heavy atom. The van der Waals surface area contributed by atoms with Gasteiger partial charge in [0.2, 0.25) is 0 Å².